The van der Waals surface area contributed by atoms with Gasteiger partial charge < -0.3 is 24.5 Å². The second-order valence-corrected chi connectivity index (χ2v) is 9.20. The number of carbonyl (C=O) groups is 1. The SMILES string of the molecule is COc1cccc(-c2c(-c3ccccc3)nn(C[C@H]3CC[C@H](COCC(=O)[O-])CC3)c2CCO)c1.[Na+]. The number of rotatable bonds is 11. The van der Waals surface area contributed by atoms with Crippen LogP contribution in [0.25, 0.3) is 22.4 Å². The molecule has 0 aliphatic heterocycles. The quantitative estimate of drug-likeness (QED) is 0.382. The van der Waals surface area contributed by atoms with Gasteiger partial charge in [0.25, 0.3) is 0 Å². The van der Waals surface area contributed by atoms with Crippen LogP contribution in [0.1, 0.15) is 31.4 Å². The summed E-state index contributed by atoms with van der Waals surface area (Å²) in [6.45, 7) is 0.953. The second-order valence-electron chi connectivity index (χ2n) is 9.20. The summed E-state index contributed by atoms with van der Waals surface area (Å²) < 4.78 is 12.8. The summed E-state index contributed by atoms with van der Waals surface area (Å²) in [4.78, 5) is 10.6. The Labute approximate surface area is 234 Å². The van der Waals surface area contributed by atoms with Gasteiger partial charge in [-0.05, 0) is 55.2 Å². The number of hydrogen-bond donors (Lipinski definition) is 1. The summed E-state index contributed by atoms with van der Waals surface area (Å²) in [5, 5.41) is 25.6. The minimum absolute atomic E-state index is 0. The van der Waals surface area contributed by atoms with Crippen LogP contribution in [0, 0.1) is 11.8 Å². The molecular formula is C28H33N2NaO5. The molecule has 0 amide bonds. The summed E-state index contributed by atoms with van der Waals surface area (Å²) in [5.41, 5.74) is 5.03. The maximum atomic E-state index is 10.6. The van der Waals surface area contributed by atoms with Crippen LogP contribution in [0.3, 0.4) is 0 Å². The van der Waals surface area contributed by atoms with Crippen molar-refractivity contribution in [3.05, 3.63) is 60.3 Å². The zero-order chi connectivity index (χ0) is 24.6. The fourth-order valence-electron chi connectivity index (χ4n) is 5.02. The number of benzene rings is 2. The van der Waals surface area contributed by atoms with Gasteiger partial charge in [0.1, 0.15) is 11.4 Å². The monoisotopic (exact) mass is 500 g/mol. The van der Waals surface area contributed by atoms with Crippen molar-refractivity contribution in [2.45, 2.75) is 38.6 Å². The summed E-state index contributed by atoms with van der Waals surface area (Å²) >= 11 is 0. The maximum absolute atomic E-state index is 10.6. The predicted molar refractivity (Wildman–Crippen MR) is 132 cm³/mol. The number of methoxy groups -OCH3 is 1. The molecule has 0 spiro atoms. The van der Waals surface area contributed by atoms with Crippen LogP contribution in [0.2, 0.25) is 0 Å². The first kappa shape index (κ1) is 28.4. The molecule has 1 N–H and O–H groups in total. The number of carbonyl (C=O) groups excluding carboxylic acids is 1. The van der Waals surface area contributed by atoms with Crippen LogP contribution in [0.15, 0.2) is 54.6 Å². The van der Waals surface area contributed by atoms with Crippen LogP contribution in [0.5, 0.6) is 5.75 Å². The Bertz CT molecular complexity index is 1110. The summed E-state index contributed by atoms with van der Waals surface area (Å²) in [6.07, 6.45) is 4.59. The van der Waals surface area contributed by atoms with E-state index in [-0.39, 0.29) is 42.8 Å². The number of carboxylic acids is 1. The number of aliphatic carboxylic acids is 1. The van der Waals surface area contributed by atoms with E-state index in [1.807, 2.05) is 36.4 Å². The second kappa shape index (κ2) is 14.0. The predicted octanol–water partition coefficient (Wildman–Crippen LogP) is 0.337. The zero-order valence-corrected chi connectivity index (χ0v) is 23.2. The number of aliphatic hydroxyl groups is 1. The normalized spacial score (nSPS) is 17.4. The van der Waals surface area contributed by atoms with E-state index >= 15 is 0 Å². The average Bonchev–Trinajstić information content (AvgIpc) is 3.23. The van der Waals surface area contributed by atoms with Gasteiger partial charge in [-0.2, -0.15) is 5.10 Å². The Morgan fingerprint density at radius 1 is 1.06 bits per heavy atom. The molecule has 1 heterocycles. The van der Waals surface area contributed by atoms with Crippen molar-refractivity contribution in [2.24, 2.45) is 11.8 Å². The minimum atomic E-state index is -1.17. The van der Waals surface area contributed by atoms with E-state index in [0.29, 0.717) is 24.9 Å². The molecule has 1 aromatic heterocycles. The number of carboxylic acid groups (broad SMARTS) is 1. The molecule has 0 saturated heterocycles. The fourth-order valence-corrected chi connectivity index (χ4v) is 5.02. The van der Waals surface area contributed by atoms with E-state index in [0.717, 1.165) is 66.1 Å². The minimum Gasteiger partial charge on any atom is -0.548 e. The molecule has 3 aromatic rings. The van der Waals surface area contributed by atoms with Crippen LogP contribution in [0.4, 0.5) is 0 Å². The fraction of sp³-hybridized carbons (Fsp3) is 0.429. The summed E-state index contributed by atoms with van der Waals surface area (Å²) in [6, 6.07) is 18.1. The Hall–Kier alpha value is -2.16. The van der Waals surface area contributed by atoms with Gasteiger partial charge in [0, 0.05) is 43.0 Å². The third kappa shape index (κ3) is 7.20. The molecule has 0 unspecified atom stereocenters. The van der Waals surface area contributed by atoms with E-state index in [1.165, 1.54) is 0 Å². The van der Waals surface area contributed by atoms with Gasteiger partial charge in [-0.25, -0.2) is 0 Å². The van der Waals surface area contributed by atoms with E-state index in [2.05, 4.69) is 22.9 Å². The molecule has 36 heavy (non-hydrogen) atoms. The summed E-state index contributed by atoms with van der Waals surface area (Å²) in [7, 11) is 1.66. The molecule has 8 heteroatoms. The molecule has 1 aliphatic carbocycles. The van der Waals surface area contributed by atoms with Gasteiger partial charge in [0.05, 0.1) is 19.7 Å². The standard InChI is InChI=1S/C28H34N2O5.Na/c1-34-24-9-5-8-23(16-24)27-25(14-15-31)30(29-28(27)22-6-3-2-4-7-22)17-20-10-12-21(13-11-20)18-35-19-26(32)33;/h2-9,16,20-21,31H,10-15,17-19H2,1H3,(H,32,33);/q;+1/p-1/t20-,21-;. The molecule has 1 saturated carbocycles. The van der Waals surface area contributed by atoms with Crippen molar-refractivity contribution in [1.82, 2.24) is 9.78 Å². The first-order valence-corrected chi connectivity index (χ1v) is 12.3. The number of ether oxygens (including phenoxy) is 2. The van der Waals surface area contributed by atoms with Crippen molar-refractivity contribution in [3.8, 4) is 28.1 Å². The Morgan fingerprint density at radius 3 is 2.42 bits per heavy atom. The van der Waals surface area contributed by atoms with Gasteiger partial charge in [0.2, 0.25) is 0 Å². The van der Waals surface area contributed by atoms with E-state index in [9.17, 15) is 15.0 Å². The van der Waals surface area contributed by atoms with Crippen molar-refractivity contribution < 1.29 is 54.0 Å². The van der Waals surface area contributed by atoms with Gasteiger partial charge in [-0.3, -0.25) is 4.68 Å². The van der Waals surface area contributed by atoms with Crippen molar-refractivity contribution >= 4 is 5.97 Å². The van der Waals surface area contributed by atoms with Crippen LogP contribution in [-0.2, 0) is 22.5 Å². The smallest absolute Gasteiger partial charge is 0.548 e. The number of nitrogens with zero attached hydrogens (tertiary/aromatic N) is 2. The molecule has 2 aromatic carbocycles. The van der Waals surface area contributed by atoms with Crippen LogP contribution in [-0.4, -0.2) is 47.8 Å². The third-order valence-electron chi connectivity index (χ3n) is 6.78. The Kier molecular flexibility index (Phi) is 11.0. The zero-order valence-electron chi connectivity index (χ0n) is 21.2. The van der Waals surface area contributed by atoms with Gasteiger partial charge in [-0.15, -0.1) is 0 Å². The van der Waals surface area contributed by atoms with E-state index < -0.39 is 5.97 Å². The Morgan fingerprint density at radius 2 is 1.75 bits per heavy atom. The number of aromatic nitrogens is 2. The molecular weight excluding hydrogens is 467 g/mol. The Balaban J connectivity index is 0.00000361. The molecule has 1 fully saturated rings. The van der Waals surface area contributed by atoms with Crippen molar-refractivity contribution in [1.29, 1.82) is 0 Å². The molecule has 1 aliphatic rings. The van der Waals surface area contributed by atoms with Gasteiger partial charge in [-0.1, -0.05) is 42.5 Å². The molecule has 186 valence electrons. The van der Waals surface area contributed by atoms with Gasteiger partial charge >= 0.3 is 29.6 Å². The van der Waals surface area contributed by atoms with E-state index in [4.69, 9.17) is 14.6 Å². The number of hydrogen-bond acceptors (Lipinski definition) is 6. The molecule has 7 nitrogen and oxygen atoms in total. The first-order chi connectivity index (χ1) is 17.1. The molecule has 4 rings (SSSR count). The molecule has 0 bridgehead atoms. The third-order valence-corrected chi connectivity index (χ3v) is 6.78. The maximum Gasteiger partial charge on any atom is 1.00 e. The molecule has 0 atom stereocenters. The van der Waals surface area contributed by atoms with Crippen LogP contribution >= 0.6 is 0 Å². The number of aliphatic hydroxyl groups excluding tert-OH is 1. The summed E-state index contributed by atoms with van der Waals surface area (Å²) in [5.74, 6) is 0.456. The first-order valence-electron chi connectivity index (χ1n) is 12.3. The van der Waals surface area contributed by atoms with Crippen LogP contribution < -0.4 is 39.4 Å². The van der Waals surface area contributed by atoms with Crippen molar-refractivity contribution in [2.75, 3.05) is 26.9 Å². The molecule has 0 radical (unpaired) electrons. The van der Waals surface area contributed by atoms with Gasteiger partial charge in [0.15, 0.2) is 0 Å². The average molecular weight is 501 g/mol. The van der Waals surface area contributed by atoms with Crippen molar-refractivity contribution in [3.63, 3.8) is 0 Å². The largest absolute Gasteiger partial charge is 1.00 e. The topological polar surface area (TPSA) is 96.6 Å². The van der Waals surface area contributed by atoms with E-state index in [1.54, 1.807) is 7.11 Å².